The van der Waals surface area contributed by atoms with E-state index < -0.39 is 11.2 Å². The highest BCUT2D eigenvalue weighted by atomic mass is 32.1. The van der Waals surface area contributed by atoms with Gasteiger partial charge >= 0.3 is 11.2 Å². The standard InChI is InChI=1S/C3H5NO3S/c1-2(5)7-4-3(6)8/h1H3,(H2,4,6,8). The van der Waals surface area contributed by atoms with Crippen molar-refractivity contribution >= 4 is 23.8 Å². The third-order valence-corrected chi connectivity index (χ3v) is 0.373. The van der Waals surface area contributed by atoms with Gasteiger partial charge in [-0.25, -0.2) is 0 Å². The molecular weight excluding hydrogens is 130 g/mol. The average Bonchev–Trinajstić information content (AvgIpc) is 1.61. The summed E-state index contributed by atoms with van der Waals surface area (Å²) in [6.07, 6.45) is 0. The van der Waals surface area contributed by atoms with Gasteiger partial charge in [0.05, 0.1) is 0 Å². The Morgan fingerprint density at radius 2 is 2.12 bits per heavy atom. The highest BCUT2D eigenvalue weighted by Gasteiger charge is 1.92. The molecule has 0 radical (unpaired) electrons. The first-order chi connectivity index (χ1) is 3.63. The normalized spacial score (nSPS) is 7.75. The highest BCUT2D eigenvalue weighted by molar-refractivity contribution is 7.96. The van der Waals surface area contributed by atoms with Crippen LogP contribution in [-0.2, 0) is 9.63 Å². The summed E-state index contributed by atoms with van der Waals surface area (Å²) in [6.45, 7) is 1.17. The zero-order valence-electron chi connectivity index (χ0n) is 4.17. The van der Waals surface area contributed by atoms with Crippen LogP contribution >= 0.6 is 12.6 Å². The zero-order valence-corrected chi connectivity index (χ0v) is 5.07. The molecule has 0 unspecified atom stereocenters. The Hall–Kier alpha value is -0.710. The van der Waals surface area contributed by atoms with Gasteiger partial charge in [-0.2, -0.15) is 5.48 Å². The Morgan fingerprint density at radius 3 is 2.25 bits per heavy atom. The van der Waals surface area contributed by atoms with Crippen LogP contribution in [-0.4, -0.2) is 11.2 Å². The molecule has 0 aliphatic rings. The van der Waals surface area contributed by atoms with Gasteiger partial charge in [-0.15, -0.1) is 0 Å². The number of hydroxylamine groups is 1. The van der Waals surface area contributed by atoms with Gasteiger partial charge in [0, 0.05) is 6.92 Å². The van der Waals surface area contributed by atoms with Gasteiger partial charge in [-0.05, 0) is 0 Å². The fraction of sp³-hybridized carbons (Fsp3) is 0.333. The van der Waals surface area contributed by atoms with Crippen LogP contribution in [0.2, 0.25) is 0 Å². The quantitative estimate of drug-likeness (QED) is 0.366. The lowest BCUT2D eigenvalue weighted by molar-refractivity contribution is -0.145. The average molecular weight is 135 g/mol. The van der Waals surface area contributed by atoms with Gasteiger partial charge in [0.2, 0.25) is 0 Å². The second kappa shape index (κ2) is 3.31. The smallest absolute Gasteiger partial charge is 0.329 e. The molecule has 0 aliphatic carbocycles. The van der Waals surface area contributed by atoms with Crippen LogP contribution in [0.5, 0.6) is 0 Å². The minimum atomic E-state index is -0.694. The number of hydrogen-bond donors (Lipinski definition) is 2. The topological polar surface area (TPSA) is 55.4 Å². The number of hydrogen-bond acceptors (Lipinski definition) is 3. The van der Waals surface area contributed by atoms with Crippen LogP contribution in [0.4, 0.5) is 4.79 Å². The summed E-state index contributed by atoms with van der Waals surface area (Å²) in [4.78, 5) is 23.7. The van der Waals surface area contributed by atoms with E-state index in [4.69, 9.17) is 0 Å². The molecule has 0 spiro atoms. The third-order valence-electron chi connectivity index (χ3n) is 0.282. The Labute approximate surface area is 51.6 Å². The zero-order chi connectivity index (χ0) is 6.57. The van der Waals surface area contributed by atoms with Gasteiger partial charge in [-0.3, -0.25) is 9.59 Å². The summed E-state index contributed by atoms with van der Waals surface area (Å²) in [5, 5.41) is -0.694. The summed E-state index contributed by atoms with van der Waals surface area (Å²) in [6, 6.07) is 0. The van der Waals surface area contributed by atoms with Crippen molar-refractivity contribution in [3.8, 4) is 0 Å². The first-order valence-electron chi connectivity index (χ1n) is 1.79. The summed E-state index contributed by atoms with van der Waals surface area (Å²) < 4.78 is 0. The van der Waals surface area contributed by atoms with Gasteiger partial charge in [0.1, 0.15) is 0 Å². The third kappa shape index (κ3) is 5.29. The van der Waals surface area contributed by atoms with Crippen LogP contribution < -0.4 is 5.48 Å². The molecule has 0 aliphatic heterocycles. The first kappa shape index (κ1) is 7.29. The minimum Gasteiger partial charge on any atom is -0.340 e. The van der Waals surface area contributed by atoms with Gasteiger partial charge < -0.3 is 4.84 Å². The molecule has 0 saturated heterocycles. The number of amides is 1. The molecule has 0 aromatic heterocycles. The van der Waals surface area contributed by atoms with Crippen molar-refractivity contribution in [2.24, 2.45) is 0 Å². The molecule has 4 nitrogen and oxygen atoms in total. The summed E-state index contributed by atoms with van der Waals surface area (Å²) in [5.41, 5.74) is 1.72. The molecule has 8 heavy (non-hydrogen) atoms. The van der Waals surface area contributed by atoms with Crippen LogP contribution in [0.1, 0.15) is 6.92 Å². The minimum absolute atomic E-state index is 0.576. The maximum absolute atomic E-state index is 9.88. The fourth-order valence-corrected chi connectivity index (χ4v) is 0.161. The Balaban J connectivity index is 3.18. The van der Waals surface area contributed by atoms with Crippen LogP contribution in [0.3, 0.4) is 0 Å². The molecule has 1 amide bonds. The van der Waals surface area contributed by atoms with Crippen LogP contribution in [0.15, 0.2) is 0 Å². The second-order valence-electron chi connectivity index (χ2n) is 1.00. The van der Waals surface area contributed by atoms with Crippen molar-refractivity contribution in [3.63, 3.8) is 0 Å². The largest absolute Gasteiger partial charge is 0.340 e. The van der Waals surface area contributed by atoms with Crippen molar-refractivity contribution < 1.29 is 14.4 Å². The Bertz CT molecular complexity index is 99.1. The lowest BCUT2D eigenvalue weighted by atomic mass is 10.8. The van der Waals surface area contributed by atoms with Crippen LogP contribution in [0.25, 0.3) is 0 Å². The maximum Gasteiger partial charge on any atom is 0.329 e. The number of carbonyl (C=O) groups excluding carboxylic acids is 2. The number of carbonyl (C=O) groups is 2. The molecule has 0 fully saturated rings. The summed E-state index contributed by atoms with van der Waals surface area (Å²) >= 11 is 3.25. The van der Waals surface area contributed by atoms with Gasteiger partial charge in [-0.1, -0.05) is 12.6 Å². The Morgan fingerprint density at radius 1 is 1.62 bits per heavy atom. The molecule has 0 rings (SSSR count). The second-order valence-corrected chi connectivity index (χ2v) is 1.41. The monoisotopic (exact) mass is 135 g/mol. The van der Waals surface area contributed by atoms with E-state index in [-0.39, 0.29) is 0 Å². The van der Waals surface area contributed by atoms with Gasteiger partial charge in [0.15, 0.2) is 0 Å². The molecule has 46 valence electrons. The van der Waals surface area contributed by atoms with Crippen molar-refractivity contribution in [2.45, 2.75) is 6.92 Å². The molecule has 0 heterocycles. The molecule has 0 atom stereocenters. The van der Waals surface area contributed by atoms with Gasteiger partial charge in [0.25, 0.3) is 0 Å². The van der Waals surface area contributed by atoms with Crippen molar-refractivity contribution in [2.75, 3.05) is 0 Å². The van der Waals surface area contributed by atoms with Crippen molar-refractivity contribution in [1.82, 2.24) is 5.48 Å². The summed E-state index contributed by atoms with van der Waals surface area (Å²) in [5.74, 6) is -0.576. The van der Waals surface area contributed by atoms with Crippen molar-refractivity contribution in [3.05, 3.63) is 0 Å². The molecule has 0 bridgehead atoms. The predicted octanol–water partition coefficient (Wildman–Crippen LogP) is 0.104. The Kier molecular flexibility index (Phi) is 3.02. The summed E-state index contributed by atoms with van der Waals surface area (Å²) in [7, 11) is 0. The maximum atomic E-state index is 9.88. The predicted molar refractivity (Wildman–Crippen MR) is 29.3 cm³/mol. The van der Waals surface area contributed by atoms with E-state index in [1.54, 1.807) is 5.48 Å². The SMILES string of the molecule is CC(=O)ONC(=O)S. The molecule has 0 aromatic rings. The number of thiol groups is 1. The van der Waals surface area contributed by atoms with E-state index in [0.29, 0.717) is 0 Å². The van der Waals surface area contributed by atoms with E-state index in [9.17, 15) is 9.59 Å². The van der Waals surface area contributed by atoms with Crippen LogP contribution in [0, 0.1) is 0 Å². The van der Waals surface area contributed by atoms with Crippen molar-refractivity contribution in [1.29, 1.82) is 0 Å². The van der Waals surface area contributed by atoms with E-state index in [1.807, 2.05) is 0 Å². The molecule has 5 heteroatoms. The number of rotatable bonds is 0. The first-order valence-corrected chi connectivity index (χ1v) is 2.24. The van der Waals surface area contributed by atoms with E-state index >= 15 is 0 Å². The number of nitrogens with one attached hydrogen (secondary N) is 1. The molecular formula is C3H5NO3S. The fourth-order valence-electron chi connectivity index (χ4n) is 0.116. The highest BCUT2D eigenvalue weighted by Crippen LogP contribution is 1.75. The van der Waals surface area contributed by atoms with E-state index in [1.165, 1.54) is 6.92 Å². The van der Waals surface area contributed by atoms with E-state index in [0.717, 1.165) is 0 Å². The molecule has 0 aromatic carbocycles. The lowest BCUT2D eigenvalue weighted by Crippen LogP contribution is -2.19. The lowest BCUT2D eigenvalue weighted by Gasteiger charge is -1.95. The molecule has 0 saturated carbocycles. The van der Waals surface area contributed by atoms with E-state index in [2.05, 4.69) is 17.5 Å². The molecule has 1 N–H and O–H groups in total.